The van der Waals surface area contributed by atoms with Crippen LogP contribution in [0.4, 0.5) is 11.6 Å². The summed E-state index contributed by atoms with van der Waals surface area (Å²) in [5, 5.41) is 14.7. The van der Waals surface area contributed by atoms with Crippen LogP contribution in [0.5, 0.6) is 5.75 Å². The summed E-state index contributed by atoms with van der Waals surface area (Å²) in [6.45, 7) is -0.106. The highest BCUT2D eigenvalue weighted by atomic mass is 35.5. The van der Waals surface area contributed by atoms with Crippen molar-refractivity contribution in [1.82, 2.24) is 10.2 Å². The number of carbonyl (C=O) groups is 1. The van der Waals surface area contributed by atoms with Gasteiger partial charge in [-0.2, -0.15) is 0 Å². The Hall–Kier alpha value is -2.34. The second-order valence-corrected chi connectivity index (χ2v) is 6.16. The maximum absolute atomic E-state index is 11.9. The Kier molecular flexibility index (Phi) is 5.48. The van der Waals surface area contributed by atoms with Gasteiger partial charge in [-0.25, -0.2) is 0 Å². The second kappa shape index (κ2) is 7.97. The van der Waals surface area contributed by atoms with Gasteiger partial charge in [0.2, 0.25) is 0 Å². The smallest absolute Gasteiger partial charge is 0.263 e. The molecule has 1 aromatic heterocycles. The molecule has 0 aliphatic heterocycles. The van der Waals surface area contributed by atoms with Gasteiger partial charge < -0.3 is 15.4 Å². The van der Waals surface area contributed by atoms with Gasteiger partial charge >= 0.3 is 0 Å². The lowest BCUT2D eigenvalue weighted by molar-refractivity contribution is -0.118. The van der Waals surface area contributed by atoms with E-state index in [0.717, 1.165) is 5.82 Å². The Morgan fingerprint density at radius 3 is 2.42 bits per heavy atom. The summed E-state index contributed by atoms with van der Waals surface area (Å²) in [4.78, 5) is 11.9. The average molecular weight is 347 g/mol. The minimum atomic E-state index is -0.296. The molecule has 2 aromatic rings. The van der Waals surface area contributed by atoms with Crippen molar-refractivity contribution in [2.75, 3.05) is 17.2 Å². The predicted octanol–water partition coefficient (Wildman–Crippen LogP) is 3.50. The zero-order valence-electron chi connectivity index (χ0n) is 13.2. The first kappa shape index (κ1) is 16.5. The fourth-order valence-electron chi connectivity index (χ4n) is 2.61. The highest BCUT2D eigenvalue weighted by molar-refractivity contribution is 6.30. The predicted molar refractivity (Wildman–Crippen MR) is 93.5 cm³/mol. The van der Waals surface area contributed by atoms with E-state index in [2.05, 4.69) is 20.8 Å². The van der Waals surface area contributed by atoms with Crippen molar-refractivity contribution in [3.63, 3.8) is 0 Å². The molecule has 1 aliphatic carbocycles. The molecule has 126 valence electrons. The number of amides is 1. The number of rotatable bonds is 6. The molecule has 24 heavy (non-hydrogen) atoms. The van der Waals surface area contributed by atoms with Crippen LogP contribution in [-0.4, -0.2) is 28.8 Å². The van der Waals surface area contributed by atoms with Gasteiger partial charge in [-0.1, -0.05) is 24.4 Å². The molecular formula is C17H19ClN4O2. The monoisotopic (exact) mass is 346 g/mol. The van der Waals surface area contributed by atoms with Gasteiger partial charge in [-0.15, -0.1) is 10.2 Å². The number of carbonyl (C=O) groups excluding carboxylic acids is 1. The molecule has 0 radical (unpaired) electrons. The fraction of sp³-hybridized carbons (Fsp3) is 0.353. The van der Waals surface area contributed by atoms with Crippen LogP contribution < -0.4 is 15.4 Å². The van der Waals surface area contributed by atoms with Gasteiger partial charge in [0.1, 0.15) is 11.6 Å². The number of ether oxygens (including phenoxy) is 1. The topological polar surface area (TPSA) is 76.1 Å². The molecule has 0 bridgehead atoms. The largest absolute Gasteiger partial charge is 0.484 e. The lowest BCUT2D eigenvalue weighted by Gasteiger charge is -2.12. The first-order valence-corrected chi connectivity index (χ1v) is 8.35. The highest BCUT2D eigenvalue weighted by Crippen LogP contribution is 2.21. The van der Waals surface area contributed by atoms with E-state index in [0.29, 0.717) is 22.6 Å². The van der Waals surface area contributed by atoms with Crippen LogP contribution >= 0.6 is 11.6 Å². The summed E-state index contributed by atoms with van der Waals surface area (Å²) >= 11 is 5.79. The summed E-state index contributed by atoms with van der Waals surface area (Å²) in [5.74, 6) is 1.42. The molecule has 1 aromatic carbocycles. The molecule has 3 rings (SSSR count). The molecule has 1 amide bonds. The minimum absolute atomic E-state index is 0.106. The number of hydrogen-bond acceptors (Lipinski definition) is 5. The number of aromatic nitrogens is 2. The molecule has 0 atom stereocenters. The van der Waals surface area contributed by atoms with E-state index in [4.69, 9.17) is 16.3 Å². The normalized spacial score (nSPS) is 14.4. The zero-order chi connectivity index (χ0) is 16.8. The SMILES string of the molecule is O=C(COc1ccc(Cl)cc1)Nc1ccc(NC2CCCC2)nn1. The van der Waals surface area contributed by atoms with Crippen molar-refractivity contribution >= 4 is 29.1 Å². The van der Waals surface area contributed by atoms with Crippen LogP contribution in [0.2, 0.25) is 5.02 Å². The molecule has 1 fully saturated rings. The van der Waals surface area contributed by atoms with Crippen LogP contribution in [0, 0.1) is 0 Å². The van der Waals surface area contributed by atoms with Crippen LogP contribution in [0.25, 0.3) is 0 Å². The fourth-order valence-corrected chi connectivity index (χ4v) is 2.74. The maximum atomic E-state index is 11.9. The second-order valence-electron chi connectivity index (χ2n) is 5.72. The standard InChI is InChI=1S/C17H19ClN4O2/c18-12-5-7-14(8-6-12)24-11-17(23)20-16-10-9-15(21-22-16)19-13-3-1-2-4-13/h5-10,13H,1-4,11H2,(H,19,21)(H,20,22,23). The summed E-state index contributed by atoms with van der Waals surface area (Å²) in [7, 11) is 0. The number of benzene rings is 1. The molecule has 0 saturated heterocycles. The highest BCUT2D eigenvalue weighted by Gasteiger charge is 2.15. The van der Waals surface area contributed by atoms with E-state index in [-0.39, 0.29) is 12.5 Å². The van der Waals surface area contributed by atoms with Crippen molar-refractivity contribution in [2.24, 2.45) is 0 Å². The molecule has 6 nitrogen and oxygen atoms in total. The van der Waals surface area contributed by atoms with Crippen molar-refractivity contribution in [1.29, 1.82) is 0 Å². The zero-order valence-corrected chi connectivity index (χ0v) is 13.9. The summed E-state index contributed by atoms with van der Waals surface area (Å²) < 4.78 is 5.38. The summed E-state index contributed by atoms with van der Waals surface area (Å²) in [6, 6.07) is 10.9. The lowest BCUT2D eigenvalue weighted by atomic mass is 10.2. The third-order valence-corrected chi connectivity index (χ3v) is 4.07. The van der Waals surface area contributed by atoms with Crippen molar-refractivity contribution < 1.29 is 9.53 Å². The third kappa shape index (κ3) is 4.83. The van der Waals surface area contributed by atoms with Gasteiger partial charge in [-0.3, -0.25) is 4.79 Å². The number of nitrogens with zero attached hydrogens (tertiary/aromatic N) is 2. The van der Waals surface area contributed by atoms with E-state index < -0.39 is 0 Å². The molecule has 0 spiro atoms. The quantitative estimate of drug-likeness (QED) is 0.837. The van der Waals surface area contributed by atoms with Gasteiger partial charge in [0, 0.05) is 11.1 Å². The minimum Gasteiger partial charge on any atom is -0.484 e. The van der Waals surface area contributed by atoms with Crippen molar-refractivity contribution in [2.45, 2.75) is 31.7 Å². The molecule has 1 heterocycles. The molecule has 7 heteroatoms. The van der Waals surface area contributed by atoms with Crippen molar-refractivity contribution in [3.8, 4) is 5.75 Å². The summed E-state index contributed by atoms with van der Waals surface area (Å²) in [5.41, 5.74) is 0. The van der Waals surface area contributed by atoms with Gasteiger partial charge in [-0.05, 0) is 49.2 Å². The first-order chi connectivity index (χ1) is 11.7. The van der Waals surface area contributed by atoms with Gasteiger partial charge in [0.25, 0.3) is 5.91 Å². The van der Waals surface area contributed by atoms with Crippen LogP contribution in [-0.2, 0) is 4.79 Å². The van der Waals surface area contributed by atoms with E-state index in [1.165, 1.54) is 25.7 Å². The third-order valence-electron chi connectivity index (χ3n) is 3.82. The van der Waals surface area contributed by atoms with E-state index in [1.807, 2.05) is 6.07 Å². The van der Waals surface area contributed by atoms with Crippen LogP contribution in [0.15, 0.2) is 36.4 Å². The lowest BCUT2D eigenvalue weighted by Crippen LogP contribution is -2.21. The Bertz CT molecular complexity index is 670. The molecular weight excluding hydrogens is 328 g/mol. The van der Waals surface area contributed by atoms with Crippen molar-refractivity contribution in [3.05, 3.63) is 41.4 Å². The molecule has 1 aliphatic rings. The maximum Gasteiger partial charge on any atom is 0.263 e. The first-order valence-electron chi connectivity index (χ1n) is 7.97. The van der Waals surface area contributed by atoms with Gasteiger partial charge in [0.15, 0.2) is 12.4 Å². The number of hydrogen-bond donors (Lipinski definition) is 2. The average Bonchev–Trinajstić information content (AvgIpc) is 3.09. The number of halogens is 1. The Balaban J connectivity index is 1.46. The van der Waals surface area contributed by atoms with E-state index in [9.17, 15) is 4.79 Å². The number of nitrogens with one attached hydrogen (secondary N) is 2. The van der Waals surface area contributed by atoms with Crippen LogP contribution in [0.1, 0.15) is 25.7 Å². The summed E-state index contributed by atoms with van der Waals surface area (Å²) in [6.07, 6.45) is 4.85. The number of anilines is 2. The van der Waals surface area contributed by atoms with Crippen LogP contribution in [0.3, 0.4) is 0 Å². The van der Waals surface area contributed by atoms with E-state index in [1.54, 1.807) is 30.3 Å². The Morgan fingerprint density at radius 1 is 1.08 bits per heavy atom. The van der Waals surface area contributed by atoms with E-state index >= 15 is 0 Å². The molecule has 2 N–H and O–H groups in total. The molecule has 1 saturated carbocycles. The van der Waals surface area contributed by atoms with Gasteiger partial charge in [0.05, 0.1) is 0 Å². The molecule has 0 unspecified atom stereocenters. The Labute approximate surface area is 145 Å². The Morgan fingerprint density at radius 2 is 1.75 bits per heavy atom.